The second-order valence-electron chi connectivity index (χ2n) is 5.64. The Labute approximate surface area is 140 Å². The van der Waals surface area contributed by atoms with Crippen LogP contribution in [0.4, 0.5) is 10.7 Å². The summed E-state index contributed by atoms with van der Waals surface area (Å²) in [5.41, 5.74) is -0.550. The van der Waals surface area contributed by atoms with Crippen LogP contribution in [0.25, 0.3) is 11.5 Å². The highest BCUT2D eigenvalue weighted by Crippen LogP contribution is 2.28. The number of aromatic nitrogens is 1. The average Bonchev–Trinajstić information content (AvgIpc) is 2.80. The number of hydrogen-bond donors (Lipinski definition) is 2. The fraction of sp³-hybridized carbons (Fsp3) is 0.267. The van der Waals surface area contributed by atoms with Gasteiger partial charge in [0.2, 0.25) is 17.5 Å². The summed E-state index contributed by atoms with van der Waals surface area (Å²) in [6, 6.07) is 6.99. The molecule has 0 saturated heterocycles. The second-order valence-corrected chi connectivity index (χ2v) is 6.55. The summed E-state index contributed by atoms with van der Waals surface area (Å²) < 4.78 is 11.2. The lowest BCUT2D eigenvalue weighted by atomic mass is 10.2. The van der Waals surface area contributed by atoms with Gasteiger partial charge in [-0.05, 0) is 39.0 Å². The fourth-order valence-electron chi connectivity index (χ4n) is 1.69. The summed E-state index contributed by atoms with van der Waals surface area (Å²) in [7, 11) is 0. The first kappa shape index (κ1) is 17.0. The molecule has 1 aromatic carbocycles. The summed E-state index contributed by atoms with van der Waals surface area (Å²) in [4.78, 5) is 27.0. The maximum atomic E-state index is 11.8. The molecule has 0 fully saturated rings. The number of nitrogens with zero attached hydrogens (tertiary/aromatic N) is 1. The van der Waals surface area contributed by atoms with Crippen molar-refractivity contribution >= 4 is 33.9 Å². The Hall–Kier alpha value is -2.35. The Morgan fingerprint density at radius 1 is 1.35 bits per heavy atom. The zero-order valence-electron chi connectivity index (χ0n) is 12.7. The highest BCUT2D eigenvalue weighted by atomic mass is 79.9. The molecule has 8 heteroatoms. The van der Waals surface area contributed by atoms with Crippen molar-refractivity contribution in [2.75, 3.05) is 5.32 Å². The van der Waals surface area contributed by atoms with Gasteiger partial charge in [-0.3, -0.25) is 5.32 Å². The van der Waals surface area contributed by atoms with E-state index in [9.17, 15) is 14.7 Å². The number of carboxylic acid groups (broad SMARTS) is 1. The van der Waals surface area contributed by atoms with Gasteiger partial charge < -0.3 is 14.3 Å². The molecule has 2 rings (SSSR count). The first-order valence-corrected chi connectivity index (χ1v) is 7.45. The lowest BCUT2D eigenvalue weighted by Gasteiger charge is -2.19. The smallest absolute Gasteiger partial charge is 0.414 e. The third-order valence-electron chi connectivity index (χ3n) is 2.52. The van der Waals surface area contributed by atoms with E-state index < -0.39 is 23.4 Å². The number of rotatable bonds is 3. The van der Waals surface area contributed by atoms with Gasteiger partial charge in [0.15, 0.2) is 0 Å². The van der Waals surface area contributed by atoms with Crippen LogP contribution in [0.3, 0.4) is 0 Å². The lowest BCUT2D eigenvalue weighted by Crippen LogP contribution is -2.27. The van der Waals surface area contributed by atoms with Gasteiger partial charge in [-0.2, -0.15) is 4.98 Å². The van der Waals surface area contributed by atoms with E-state index in [1.807, 2.05) is 6.07 Å². The largest absolute Gasteiger partial charge is 0.476 e. The van der Waals surface area contributed by atoms with Crippen LogP contribution >= 0.6 is 15.9 Å². The molecule has 0 bridgehead atoms. The summed E-state index contributed by atoms with van der Waals surface area (Å²) in [5.74, 6) is -1.52. The van der Waals surface area contributed by atoms with E-state index in [1.165, 1.54) is 0 Å². The maximum Gasteiger partial charge on any atom is 0.414 e. The molecule has 0 spiro atoms. The number of aromatic carboxylic acids is 1. The van der Waals surface area contributed by atoms with Crippen LogP contribution < -0.4 is 5.32 Å². The summed E-state index contributed by atoms with van der Waals surface area (Å²) in [6.07, 6.45) is -0.822. The van der Waals surface area contributed by atoms with Crippen molar-refractivity contribution in [3.63, 3.8) is 0 Å². The van der Waals surface area contributed by atoms with Gasteiger partial charge in [-0.25, -0.2) is 9.59 Å². The molecule has 0 saturated carbocycles. The molecule has 23 heavy (non-hydrogen) atoms. The van der Waals surface area contributed by atoms with Gasteiger partial charge in [0.25, 0.3) is 0 Å². The topological polar surface area (TPSA) is 102 Å². The van der Waals surface area contributed by atoms with E-state index in [4.69, 9.17) is 9.15 Å². The van der Waals surface area contributed by atoms with E-state index in [2.05, 4.69) is 26.2 Å². The Morgan fingerprint density at radius 3 is 2.61 bits per heavy atom. The number of benzene rings is 1. The minimum atomic E-state index is -1.32. The molecule has 0 aliphatic carbocycles. The molecule has 0 aliphatic heterocycles. The van der Waals surface area contributed by atoms with Crippen LogP contribution in [-0.2, 0) is 4.74 Å². The maximum absolute atomic E-state index is 11.8. The molecule has 7 nitrogen and oxygen atoms in total. The van der Waals surface area contributed by atoms with E-state index in [0.717, 1.165) is 4.47 Å². The van der Waals surface area contributed by atoms with Crippen LogP contribution in [-0.4, -0.2) is 27.8 Å². The Morgan fingerprint density at radius 2 is 2.04 bits per heavy atom. The van der Waals surface area contributed by atoms with Crippen LogP contribution in [0.2, 0.25) is 0 Å². The van der Waals surface area contributed by atoms with Crippen LogP contribution in [0, 0.1) is 0 Å². The van der Waals surface area contributed by atoms with E-state index in [-0.39, 0.29) is 11.8 Å². The zero-order chi connectivity index (χ0) is 17.2. The van der Waals surface area contributed by atoms with E-state index in [1.54, 1.807) is 39.0 Å². The second kappa shape index (κ2) is 6.41. The molecular formula is C15H15BrN2O5. The van der Waals surface area contributed by atoms with Gasteiger partial charge in [0.1, 0.15) is 5.60 Å². The SMILES string of the molecule is CC(C)(C)OC(=O)Nc1oc(-c2cccc(Br)c2)nc1C(=O)O. The van der Waals surface area contributed by atoms with Gasteiger partial charge >= 0.3 is 12.1 Å². The molecule has 2 N–H and O–H groups in total. The molecule has 1 aromatic heterocycles. The lowest BCUT2D eigenvalue weighted by molar-refractivity contribution is 0.0632. The molecule has 0 radical (unpaired) electrons. The predicted octanol–water partition coefficient (Wildman–Crippen LogP) is 4.15. The molecule has 2 aromatic rings. The van der Waals surface area contributed by atoms with Gasteiger partial charge in [-0.15, -0.1) is 0 Å². The molecule has 0 aliphatic rings. The number of carbonyl (C=O) groups is 2. The van der Waals surface area contributed by atoms with Gasteiger partial charge in [0, 0.05) is 10.0 Å². The van der Waals surface area contributed by atoms with Crippen LogP contribution in [0.1, 0.15) is 31.3 Å². The van der Waals surface area contributed by atoms with E-state index >= 15 is 0 Å². The van der Waals surface area contributed by atoms with Gasteiger partial charge in [-0.1, -0.05) is 22.0 Å². The third kappa shape index (κ3) is 4.56. The number of hydrogen-bond acceptors (Lipinski definition) is 5. The Bertz CT molecular complexity index is 749. The number of halogens is 1. The Balaban J connectivity index is 2.32. The monoisotopic (exact) mass is 382 g/mol. The highest BCUT2D eigenvalue weighted by Gasteiger charge is 2.24. The fourth-order valence-corrected chi connectivity index (χ4v) is 2.09. The minimum Gasteiger partial charge on any atom is -0.476 e. The highest BCUT2D eigenvalue weighted by molar-refractivity contribution is 9.10. The normalized spacial score (nSPS) is 11.1. The van der Waals surface area contributed by atoms with Crippen molar-refractivity contribution in [1.82, 2.24) is 4.98 Å². The summed E-state index contributed by atoms with van der Waals surface area (Å²) >= 11 is 3.31. The number of amides is 1. The molecule has 122 valence electrons. The number of carboxylic acids is 1. The van der Waals surface area contributed by atoms with Crippen molar-refractivity contribution in [1.29, 1.82) is 0 Å². The van der Waals surface area contributed by atoms with Crippen LogP contribution in [0.15, 0.2) is 33.2 Å². The van der Waals surface area contributed by atoms with Crippen molar-refractivity contribution < 1.29 is 23.8 Å². The first-order chi connectivity index (χ1) is 10.7. The van der Waals surface area contributed by atoms with Crippen molar-refractivity contribution in [2.45, 2.75) is 26.4 Å². The standard InChI is InChI=1S/C15H15BrN2O5/c1-15(2,3)23-14(21)18-12-10(13(19)20)17-11(22-12)8-5-4-6-9(16)7-8/h4-7H,1-3H3,(H,18,21)(H,19,20). The molecule has 1 amide bonds. The molecule has 1 heterocycles. The molecule has 0 unspecified atom stereocenters. The number of anilines is 1. The number of nitrogens with one attached hydrogen (secondary N) is 1. The third-order valence-corrected chi connectivity index (χ3v) is 3.01. The molecule has 0 atom stereocenters. The molecular weight excluding hydrogens is 368 g/mol. The number of ether oxygens (including phenoxy) is 1. The average molecular weight is 383 g/mol. The van der Waals surface area contributed by atoms with Crippen molar-refractivity contribution in [2.24, 2.45) is 0 Å². The van der Waals surface area contributed by atoms with Crippen molar-refractivity contribution in [3.05, 3.63) is 34.4 Å². The minimum absolute atomic E-state index is 0.0785. The zero-order valence-corrected chi connectivity index (χ0v) is 14.3. The van der Waals surface area contributed by atoms with Gasteiger partial charge in [0.05, 0.1) is 0 Å². The van der Waals surface area contributed by atoms with Crippen molar-refractivity contribution in [3.8, 4) is 11.5 Å². The predicted molar refractivity (Wildman–Crippen MR) is 86.5 cm³/mol. The summed E-state index contributed by atoms with van der Waals surface area (Å²) in [5, 5.41) is 11.5. The Kier molecular flexibility index (Phi) is 4.74. The quantitative estimate of drug-likeness (QED) is 0.826. The van der Waals surface area contributed by atoms with E-state index in [0.29, 0.717) is 5.56 Å². The van der Waals surface area contributed by atoms with Crippen LogP contribution in [0.5, 0.6) is 0 Å². The number of carbonyl (C=O) groups excluding carboxylic acids is 1. The number of oxazole rings is 1. The summed E-state index contributed by atoms with van der Waals surface area (Å²) in [6.45, 7) is 5.08. The first-order valence-electron chi connectivity index (χ1n) is 6.66.